The van der Waals surface area contributed by atoms with Gasteiger partial charge in [-0.15, -0.1) is 0 Å². The average molecular weight is 210 g/mol. The zero-order valence-corrected chi connectivity index (χ0v) is 9.67. The molecule has 1 rings (SSSR count). The van der Waals surface area contributed by atoms with Gasteiger partial charge in [0.1, 0.15) is 5.54 Å². The van der Waals surface area contributed by atoms with E-state index in [2.05, 4.69) is 6.07 Å². The molecule has 0 heterocycles. The van der Waals surface area contributed by atoms with Crippen LogP contribution in [0.1, 0.15) is 45.4 Å². The summed E-state index contributed by atoms with van der Waals surface area (Å²) in [6, 6.07) is 2.17. The fourth-order valence-electron chi connectivity index (χ4n) is 1.56. The first-order valence-corrected chi connectivity index (χ1v) is 5.98. The first kappa shape index (κ1) is 12.5. The van der Waals surface area contributed by atoms with Gasteiger partial charge in [0.15, 0.2) is 0 Å². The first-order valence-electron chi connectivity index (χ1n) is 5.98. The normalized spacial score (nSPS) is 19.5. The number of hydrogen-bond acceptors (Lipinski definition) is 3. The molecule has 0 aliphatic heterocycles. The molecule has 0 aromatic heterocycles. The summed E-state index contributed by atoms with van der Waals surface area (Å²) < 4.78 is 5.50. The maximum atomic E-state index is 8.85. The van der Waals surface area contributed by atoms with Gasteiger partial charge in [0.2, 0.25) is 0 Å². The van der Waals surface area contributed by atoms with Crippen molar-refractivity contribution in [3.63, 3.8) is 0 Å². The molecule has 2 N–H and O–H groups in total. The number of nitriles is 1. The van der Waals surface area contributed by atoms with Crippen LogP contribution in [0.2, 0.25) is 0 Å². The molecule has 1 aliphatic rings. The molecule has 15 heavy (non-hydrogen) atoms. The minimum Gasteiger partial charge on any atom is -0.381 e. The van der Waals surface area contributed by atoms with E-state index in [1.165, 1.54) is 19.3 Å². The molecule has 0 spiro atoms. The largest absolute Gasteiger partial charge is 0.381 e. The smallest absolute Gasteiger partial charge is 0.104 e. The molecule has 0 bridgehead atoms. The van der Waals surface area contributed by atoms with E-state index in [0.29, 0.717) is 6.42 Å². The molecule has 0 saturated heterocycles. The summed E-state index contributed by atoms with van der Waals surface area (Å²) in [6.07, 6.45) is 6.33. The zero-order chi connectivity index (χ0) is 11.1. The summed E-state index contributed by atoms with van der Waals surface area (Å²) in [6.45, 7) is 3.57. The molecule has 1 atom stereocenters. The van der Waals surface area contributed by atoms with Crippen LogP contribution in [0, 0.1) is 17.2 Å². The van der Waals surface area contributed by atoms with E-state index in [1.54, 1.807) is 0 Å². The maximum absolute atomic E-state index is 8.85. The van der Waals surface area contributed by atoms with E-state index in [9.17, 15) is 0 Å². The highest BCUT2D eigenvalue weighted by Gasteiger charge is 2.22. The Bertz CT molecular complexity index is 220. The van der Waals surface area contributed by atoms with Crippen LogP contribution in [-0.2, 0) is 4.74 Å². The zero-order valence-electron chi connectivity index (χ0n) is 9.67. The summed E-state index contributed by atoms with van der Waals surface area (Å²) in [5.41, 5.74) is 5.21. The predicted octanol–water partition coefficient (Wildman–Crippen LogP) is 2.21. The van der Waals surface area contributed by atoms with Gasteiger partial charge >= 0.3 is 0 Å². The molecule has 0 aromatic carbocycles. The van der Waals surface area contributed by atoms with E-state index in [0.717, 1.165) is 32.0 Å². The Balaban J connectivity index is 1.93. The number of nitrogens with zero attached hydrogens (tertiary/aromatic N) is 1. The lowest BCUT2D eigenvalue weighted by Crippen LogP contribution is -2.37. The van der Waals surface area contributed by atoms with Crippen LogP contribution >= 0.6 is 0 Å². The third-order valence-electron chi connectivity index (χ3n) is 3.13. The third kappa shape index (κ3) is 5.15. The van der Waals surface area contributed by atoms with Crippen molar-refractivity contribution in [2.45, 2.75) is 51.0 Å². The van der Waals surface area contributed by atoms with Crippen LogP contribution in [0.15, 0.2) is 0 Å². The SMILES string of the molecule is CCC(N)(C#N)CCCOCCC1CC1. The Labute approximate surface area is 92.6 Å². The highest BCUT2D eigenvalue weighted by molar-refractivity contribution is 5.03. The lowest BCUT2D eigenvalue weighted by molar-refractivity contribution is 0.121. The van der Waals surface area contributed by atoms with Crippen LogP contribution < -0.4 is 5.73 Å². The van der Waals surface area contributed by atoms with Crippen molar-refractivity contribution in [3.8, 4) is 6.07 Å². The Morgan fingerprint density at radius 3 is 2.73 bits per heavy atom. The summed E-state index contributed by atoms with van der Waals surface area (Å²) in [5.74, 6) is 0.938. The molecule has 86 valence electrons. The van der Waals surface area contributed by atoms with Crippen molar-refractivity contribution in [1.82, 2.24) is 0 Å². The van der Waals surface area contributed by atoms with Crippen LogP contribution in [0.5, 0.6) is 0 Å². The minimum atomic E-state index is -0.639. The number of nitrogens with two attached hydrogens (primary N) is 1. The van der Waals surface area contributed by atoms with E-state index >= 15 is 0 Å². The average Bonchev–Trinajstić information content (AvgIpc) is 3.06. The Morgan fingerprint density at radius 2 is 2.20 bits per heavy atom. The standard InChI is InChI=1S/C12H22N2O/c1-2-12(14,10-13)7-3-8-15-9-6-11-4-5-11/h11H,2-9,14H2,1H3. The van der Waals surface area contributed by atoms with Gasteiger partial charge in [-0.3, -0.25) is 0 Å². The summed E-state index contributed by atoms with van der Waals surface area (Å²) in [4.78, 5) is 0. The predicted molar refractivity (Wildman–Crippen MR) is 60.2 cm³/mol. The van der Waals surface area contributed by atoms with Crippen LogP contribution in [-0.4, -0.2) is 18.8 Å². The molecule has 0 amide bonds. The van der Waals surface area contributed by atoms with Gasteiger partial charge in [-0.05, 0) is 31.6 Å². The first-order chi connectivity index (χ1) is 7.20. The minimum absolute atomic E-state index is 0.639. The quantitative estimate of drug-likeness (QED) is 0.625. The fourth-order valence-corrected chi connectivity index (χ4v) is 1.56. The molecule has 3 nitrogen and oxygen atoms in total. The lowest BCUT2D eigenvalue weighted by atomic mass is 9.94. The van der Waals surface area contributed by atoms with Crippen molar-refractivity contribution >= 4 is 0 Å². The number of rotatable bonds is 8. The molecule has 1 fully saturated rings. The van der Waals surface area contributed by atoms with Crippen molar-refractivity contribution in [1.29, 1.82) is 5.26 Å². The number of hydrogen-bond donors (Lipinski definition) is 1. The van der Waals surface area contributed by atoms with Gasteiger partial charge < -0.3 is 10.5 Å². The van der Waals surface area contributed by atoms with Crippen LogP contribution in [0.25, 0.3) is 0 Å². The van der Waals surface area contributed by atoms with E-state index in [4.69, 9.17) is 15.7 Å². The van der Waals surface area contributed by atoms with Gasteiger partial charge in [0.25, 0.3) is 0 Å². The van der Waals surface area contributed by atoms with Gasteiger partial charge in [-0.1, -0.05) is 19.8 Å². The van der Waals surface area contributed by atoms with Crippen LogP contribution in [0.3, 0.4) is 0 Å². The Morgan fingerprint density at radius 1 is 1.47 bits per heavy atom. The molecule has 0 radical (unpaired) electrons. The van der Waals surface area contributed by atoms with Gasteiger partial charge in [-0.2, -0.15) is 5.26 Å². The van der Waals surface area contributed by atoms with E-state index < -0.39 is 5.54 Å². The Hall–Kier alpha value is -0.590. The third-order valence-corrected chi connectivity index (χ3v) is 3.13. The molecule has 1 unspecified atom stereocenters. The summed E-state index contributed by atoms with van der Waals surface area (Å²) in [5, 5.41) is 8.85. The molecule has 0 aromatic rings. The van der Waals surface area contributed by atoms with Gasteiger partial charge in [-0.25, -0.2) is 0 Å². The molecule has 3 heteroatoms. The van der Waals surface area contributed by atoms with Crippen molar-refractivity contribution in [3.05, 3.63) is 0 Å². The van der Waals surface area contributed by atoms with E-state index in [1.807, 2.05) is 6.92 Å². The van der Waals surface area contributed by atoms with Gasteiger partial charge in [0, 0.05) is 13.2 Å². The van der Waals surface area contributed by atoms with Crippen molar-refractivity contribution in [2.24, 2.45) is 11.7 Å². The molecule has 1 saturated carbocycles. The second-order valence-corrected chi connectivity index (χ2v) is 4.57. The van der Waals surface area contributed by atoms with Gasteiger partial charge in [0.05, 0.1) is 6.07 Å². The lowest BCUT2D eigenvalue weighted by Gasteiger charge is -2.18. The second-order valence-electron chi connectivity index (χ2n) is 4.57. The second kappa shape index (κ2) is 6.09. The molecular weight excluding hydrogens is 188 g/mol. The molecular formula is C12H22N2O. The van der Waals surface area contributed by atoms with E-state index in [-0.39, 0.29) is 0 Å². The maximum Gasteiger partial charge on any atom is 0.104 e. The van der Waals surface area contributed by atoms with Crippen molar-refractivity contribution in [2.75, 3.05) is 13.2 Å². The highest BCUT2D eigenvalue weighted by Crippen LogP contribution is 2.32. The van der Waals surface area contributed by atoms with Crippen molar-refractivity contribution < 1.29 is 4.74 Å². The summed E-state index contributed by atoms with van der Waals surface area (Å²) >= 11 is 0. The fraction of sp³-hybridized carbons (Fsp3) is 0.917. The topological polar surface area (TPSA) is 59.0 Å². The molecule has 1 aliphatic carbocycles. The number of ether oxygens (including phenoxy) is 1. The monoisotopic (exact) mass is 210 g/mol. The Kier molecular flexibility index (Phi) is 5.07. The van der Waals surface area contributed by atoms with Crippen LogP contribution in [0.4, 0.5) is 0 Å². The summed E-state index contributed by atoms with van der Waals surface area (Å²) in [7, 11) is 0. The highest BCUT2D eigenvalue weighted by atomic mass is 16.5.